The van der Waals surface area contributed by atoms with Crippen LogP contribution in [0, 0.1) is 17.0 Å². The maximum atomic E-state index is 15.0. The van der Waals surface area contributed by atoms with Crippen LogP contribution in [0.5, 0.6) is 5.75 Å². The third-order valence-corrected chi connectivity index (χ3v) is 8.80. The summed E-state index contributed by atoms with van der Waals surface area (Å²) >= 11 is 0. The Labute approximate surface area is 224 Å². The van der Waals surface area contributed by atoms with Crippen LogP contribution < -0.4 is 4.74 Å². The Morgan fingerprint density at radius 2 is 1.47 bits per heavy atom. The predicted molar refractivity (Wildman–Crippen MR) is 142 cm³/mol. The standard InChI is InChI=1S/C31H38F2N2O3/c32-24-11-13-25(14-12-24)38-23-30(21-28(36)34-18-6-1-7-19-34)15-8-20-35(22-30)29(37)31(16-4-5-17-31)26-9-2-3-10-27(26)33/h2-3,9-14H,1,4-8,15-23H2. The first-order valence-corrected chi connectivity index (χ1v) is 14.1. The van der Waals surface area contributed by atoms with Gasteiger partial charge in [-0.1, -0.05) is 31.0 Å². The van der Waals surface area contributed by atoms with Crippen molar-refractivity contribution in [1.29, 1.82) is 0 Å². The molecular formula is C31H38F2N2O3. The van der Waals surface area contributed by atoms with E-state index >= 15 is 4.39 Å². The topological polar surface area (TPSA) is 49.9 Å². The quantitative estimate of drug-likeness (QED) is 0.455. The normalized spacial score (nSPS) is 23.3. The predicted octanol–water partition coefficient (Wildman–Crippen LogP) is 5.87. The monoisotopic (exact) mass is 524 g/mol. The molecule has 1 unspecified atom stereocenters. The van der Waals surface area contributed by atoms with Crippen LogP contribution in [0.15, 0.2) is 48.5 Å². The first-order valence-electron chi connectivity index (χ1n) is 14.1. The lowest BCUT2D eigenvalue weighted by Gasteiger charge is -2.46. The van der Waals surface area contributed by atoms with E-state index in [-0.39, 0.29) is 30.1 Å². The van der Waals surface area contributed by atoms with Crippen molar-refractivity contribution < 1.29 is 23.1 Å². The lowest BCUT2D eigenvalue weighted by atomic mass is 9.73. The lowest BCUT2D eigenvalue weighted by Crippen LogP contribution is -2.55. The van der Waals surface area contributed by atoms with Gasteiger partial charge in [0.05, 0.1) is 12.0 Å². The Balaban J connectivity index is 1.40. The number of ether oxygens (including phenoxy) is 1. The summed E-state index contributed by atoms with van der Waals surface area (Å²) in [5.41, 5.74) is -0.930. The van der Waals surface area contributed by atoms with Crippen molar-refractivity contribution in [1.82, 2.24) is 9.80 Å². The molecule has 38 heavy (non-hydrogen) atoms. The van der Waals surface area contributed by atoms with Gasteiger partial charge < -0.3 is 14.5 Å². The van der Waals surface area contributed by atoms with Gasteiger partial charge in [-0.05, 0) is 75.3 Å². The van der Waals surface area contributed by atoms with Crippen molar-refractivity contribution in [3.63, 3.8) is 0 Å². The zero-order chi connectivity index (χ0) is 26.6. The van der Waals surface area contributed by atoms with E-state index in [0.29, 0.717) is 43.7 Å². The number of piperidine rings is 2. The number of likely N-dealkylation sites (tertiary alicyclic amines) is 2. The zero-order valence-corrected chi connectivity index (χ0v) is 22.1. The molecule has 2 aromatic carbocycles. The van der Waals surface area contributed by atoms with Gasteiger partial charge in [-0.25, -0.2) is 8.78 Å². The van der Waals surface area contributed by atoms with Crippen LogP contribution >= 0.6 is 0 Å². The van der Waals surface area contributed by atoms with Crippen LogP contribution in [0.1, 0.15) is 69.8 Å². The summed E-state index contributed by atoms with van der Waals surface area (Å²) < 4.78 is 34.6. The van der Waals surface area contributed by atoms with Gasteiger partial charge in [0, 0.05) is 43.6 Å². The number of amides is 2. The van der Waals surface area contributed by atoms with Gasteiger partial charge in [0.25, 0.3) is 0 Å². The van der Waals surface area contributed by atoms with Crippen LogP contribution in [-0.4, -0.2) is 54.4 Å². The third kappa shape index (κ3) is 5.57. The molecule has 0 N–H and O–H groups in total. The molecule has 5 rings (SSSR count). The maximum absolute atomic E-state index is 15.0. The number of carbonyl (C=O) groups excluding carboxylic acids is 2. The first-order chi connectivity index (χ1) is 18.4. The molecule has 2 aromatic rings. The number of carbonyl (C=O) groups is 2. The van der Waals surface area contributed by atoms with Crippen molar-refractivity contribution in [2.45, 2.75) is 69.6 Å². The van der Waals surface area contributed by atoms with Gasteiger partial charge >= 0.3 is 0 Å². The van der Waals surface area contributed by atoms with E-state index in [1.54, 1.807) is 30.3 Å². The number of nitrogens with zero attached hydrogens (tertiary/aromatic N) is 2. The summed E-state index contributed by atoms with van der Waals surface area (Å²) in [7, 11) is 0. The minimum absolute atomic E-state index is 0.0311. The SMILES string of the molecule is O=C(CC1(COc2ccc(F)cc2)CCCN(C(=O)C2(c3ccccc3F)CCCC2)C1)N1CCCCC1. The molecule has 2 amide bonds. The average Bonchev–Trinajstić information content (AvgIpc) is 3.44. The van der Waals surface area contributed by atoms with Gasteiger partial charge in [0.15, 0.2) is 0 Å². The molecule has 204 valence electrons. The van der Waals surface area contributed by atoms with Crippen molar-refractivity contribution in [3.05, 3.63) is 65.7 Å². The fourth-order valence-corrected chi connectivity index (χ4v) is 6.77. The Morgan fingerprint density at radius 1 is 0.789 bits per heavy atom. The van der Waals surface area contributed by atoms with E-state index in [0.717, 1.165) is 58.0 Å². The highest BCUT2D eigenvalue weighted by molar-refractivity contribution is 5.89. The number of hydrogen-bond acceptors (Lipinski definition) is 3. The molecule has 7 heteroatoms. The molecule has 0 aromatic heterocycles. The molecular weight excluding hydrogens is 486 g/mol. The summed E-state index contributed by atoms with van der Waals surface area (Å²) in [6, 6.07) is 12.6. The Morgan fingerprint density at radius 3 is 2.18 bits per heavy atom. The number of halogens is 2. The fraction of sp³-hybridized carbons (Fsp3) is 0.548. The molecule has 0 spiro atoms. The van der Waals surface area contributed by atoms with Gasteiger partial charge in [-0.3, -0.25) is 9.59 Å². The molecule has 0 radical (unpaired) electrons. The van der Waals surface area contributed by atoms with Gasteiger partial charge in [-0.2, -0.15) is 0 Å². The second-order valence-electron chi connectivity index (χ2n) is 11.5. The van der Waals surface area contributed by atoms with E-state index in [1.807, 2.05) is 9.80 Å². The smallest absolute Gasteiger partial charge is 0.233 e. The summed E-state index contributed by atoms with van der Waals surface area (Å²) in [5.74, 6) is -0.0521. The molecule has 2 aliphatic heterocycles. The van der Waals surface area contributed by atoms with Crippen LogP contribution in [0.3, 0.4) is 0 Å². The van der Waals surface area contributed by atoms with E-state index in [2.05, 4.69) is 0 Å². The lowest BCUT2D eigenvalue weighted by molar-refractivity contribution is -0.145. The maximum Gasteiger partial charge on any atom is 0.233 e. The molecule has 5 nitrogen and oxygen atoms in total. The molecule has 0 bridgehead atoms. The first kappa shape index (κ1) is 26.6. The van der Waals surface area contributed by atoms with Crippen molar-refractivity contribution >= 4 is 11.8 Å². The van der Waals surface area contributed by atoms with Crippen LogP contribution in [0.25, 0.3) is 0 Å². The molecule has 2 heterocycles. The Hall–Kier alpha value is -2.96. The molecule has 1 atom stereocenters. The van der Waals surface area contributed by atoms with E-state index < -0.39 is 10.8 Å². The van der Waals surface area contributed by atoms with Crippen molar-refractivity contribution in [2.24, 2.45) is 5.41 Å². The van der Waals surface area contributed by atoms with E-state index in [1.165, 1.54) is 18.2 Å². The van der Waals surface area contributed by atoms with Crippen LogP contribution in [0.2, 0.25) is 0 Å². The highest BCUT2D eigenvalue weighted by atomic mass is 19.1. The molecule has 1 aliphatic carbocycles. The average molecular weight is 525 g/mol. The molecule has 3 aliphatic rings. The van der Waals surface area contributed by atoms with Gasteiger partial charge in [0.2, 0.25) is 11.8 Å². The summed E-state index contributed by atoms with van der Waals surface area (Å²) in [5, 5.41) is 0. The Bertz CT molecular complexity index is 1130. The second kappa shape index (κ2) is 11.4. The number of benzene rings is 2. The van der Waals surface area contributed by atoms with Crippen molar-refractivity contribution in [2.75, 3.05) is 32.8 Å². The highest BCUT2D eigenvalue weighted by Crippen LogP contribution is 2.45. The van der Waals surface area contributed by atoms with Gasteiger partial charge in [0.1, 0.15) is 17.4 Å². The van der Waals surface area contributed by atoms with Crippen LogP contribution in [-0.2, 0) is 15.0 Å². The van der Waals surface area contributed by atoms with Gasteiger partial charge in [-0.15, -0.1) is 0 Å². The summed E-state index contributed by atoms with van der Waals surface area (Å²) in [6.07, 6.45) is 8.02. The van der Waals surface area contributed by atoms with E-state index in [4.69, 9.17) is 4.74 Å². The largest absolute Gasteiger partial charge is 0.493 e. The number of hydrogen-bond donors (Lipinski definition) is 0. The minimum atomic E-state index is -0.858. The molecule has 3 fully saturated rings. The zero-order valence-electron chi connectivity index (χ0n) is 22.1. The fourth-order valence-electron chi connectivity index (χ4n) is 6.77. The minimum Gasteiger partial charge on any atom is -0.493 e. The Kier molecular flexibility index (Phi) is 8.01. The highest BCUT2D eigenvalue weighted by Gasteiger charge is 2.49. The summed E-state index contributed by atoms with van der Waals surface area (Å²) in [4.78, 5) is 31.5. The molecule has 2 saturated heterocycles. The molecule has 1 saturated carbocycles. The van der Waals surface area contributed by atoms with Crippen LogP contribution in [0.4, 0.5) is 8.78 Å². The number of rotatable bonds is 7. The van der Waals surface area contributed by atoms with Crippen molar-refractivity contribution in [3.8, 4) is 5.75 Å². The van der Waals surface area contributed by atoms with E-state index in [9.17, 15) is 14.0 Å². The summed E-state index contributed by atoms with van der Waals surface area (Å²) in [6.45, 7) is 2.78. The third-order valence-electron chi connectivity index (χ3n) is 8.80. The second-order valence-corrected chi connectivity index (χ2v) is 11.5.